The minimum absolute atomic E-state index is 0.0578. The molecule has 0 aromatic heterocycles. The highest BCUT2D eigenvalue weighted by atomic mass is 33.1. The summed E-state index contributed by atoms with van der Waals surface area (Å²) in [5.74, 6) is 0.443. The van der Waals surface area contributed by atoms with Crippen molar-refractivity contribution in [2.75, 3.05) is 89.1 Å². The van der Waals surface area contributed by atoms with Crippen molar-refractivity contribution >= 4 is 79.4 Å². The third kappa shape index (κ3) is 25.8. The molecule has 0 aromatic rings. The Morgan fingerprint density at radius 3 is 1.17 bits per heavy atom. The Hall–Kier alpha value is -2.38. The fourth-order valence-corrected chi connectivity index (χ4v) is 14.4. The smallest absolute Gasteiger partial charge is 0.462 e. The molecule has 2 aliphatic heterocycles. The van der Waals surface area contributed by atoms with Crippen LogP contribution in [-0.4, -0.2) is 169 Å². The highest BCUT2D eigenvalue weighted by Crippen LogP contribution is 2.45. The maximum absolute atomic E-state index is 13.4. The highest BCUT2D eigenvalue weighted by Gasteiger charge is 2.46. The van der Waals surface area contributed by atoms with Crippen molar-refractivity contribution in [3.63, 3.8) is 0 Å². The van der Waals surface area contributed by atoms with Gasteiger partial charge in [-0.1, -0.05) is 63.9 Å². The second-order valence-electron chi connectivity index (χ2n) is 24.6. The first kappa shape index (κ1) is 71.7. The summed E-state index contributed by atoms with van der Waals surface area (Å²) in [6.07, 6.45) is 0.881. The second kappa shape index (κ2) is 31.3. The van der Waals surface area contributed by atoms with Gasteiger partial charge in [-0.15, -0.1) is 0 Å². The molecule has 454 valence electrons. The van der Waals surface area contributed by atoms with Crippen LogP contribution in [0.1, 0.15) is 169 Å². The molecule has 2 N–H and O–H groups in total. The average Bonchev–Trinajstić information content (AvgIpc) is 4.01. The zero-order valence-corrected chi connectivity index (χ0v) is 53.0. The van der Waals surface area contributed by atoms with Gasteiger partial charge in [0.1, 0.15) is 61.7 Å². The Bertz CT molecular complexity index is 1920. The molecule has 2 saturated heterocycles. The van der Waals surface area contributed by atoms with E-state index in [1.54, 1.807) is 105 Å². The van der Waals surface area contributed by atoms with Crippen LogP contribution >= 0.6 is 43.2 Å². The molecule has 0 spiro atoms. The summed E-state index contributed by atoms with van der Waals surface area (Å²) in [4.78, 5) is 78.0. The van der Waals surface area contributed by atoms with Crippen LogP contribution in [0.3, 0.4) is 0 Å². The third-order valence-electron chi connectivity index (χ3n) is 14.3. The summed E-state index contributed by atoms with van der Waals surface area (Å²) in [5, 5.41) is 21.8. The van der Waals surface area contributed by atoms with Crippen molar-refractivity contribution in [3.8, 4) is 0 Å². The van der Waals surface area contributed by atoms with Crippen molar-refractivity contribution in [2.24, 2.45) is 21.7 Å². The van der Waals surface area contributed by atoms with Crippen LogP contribution in [0.2, 0.25) is 0 Å². The van der Waals surface area contributed by atoms with Gasteiger partial charge in [0.15, 0.2) is 0 Å². The molecule has 0 bridgehead atoms. The van der Waals surface area contributed by atoms with Gasteiger partial charge < -0.3 is 62.3 Å². The van der Waals surface area contributed by atoms with Crippen LogP contribution in [0.25, 0.3) is 0 Å². The largest absolute Gasteiger partial charge is 0.508 e. The number of carbonyl (C=O) groups is 6. The lowest BCUT2D eigenvalue weighted by Gasteiger charge is -2.34. The van der Waals surface area contributed by atoms with Gasteiger partial charge in [0.25, 0.3) is 0 Å². The molecule has 2 aliphatic rings. The van der Waals surface area contributed by atoms with E-state index in [1.165, 1.54) is 0 Å². The van der Waals surface area contributed by atoms with Crippen LogP contribution in [0, 0.1) is 21.7 Å². The maximum atomic E-state index is 13.4. The number of aliphatic hydroxyl groups is 2. The topological polar surface area (TPSA) is 244 Å². The molecular formula is C55H96O19S4. The minimum atomic E-state index is -1.43. The van der Waals surface area contributed by atoms with Gasteiger partial charge in [0.2, 0.25) is 0 Å². The summed E-state index contributed by atoms with van der Waals surface area (Å²) >= 11 is 0. The molecule has 0 aliphatic carbocycles. The van der Waals surface area contributed by atoms with E-state index in [-0.39, 0.29) is 64.4 Å². The van der Waals surface area contributed by atoms with E-state index >= 15 is 0 Å². The van der Waals surface area contributed by atoms with Gasteiger partial charge in [-0.3, -0.25) is 19.2 Å². The van der Waals surface area contributed by atoms with E-state index < -0.39 is 92.7 Å². The van der Waals surface area contributed by atoms with Crippen molar-refractivity contribution in [1.82, 2.24) is 0 Å². The molecule has 5 atom stereocenters. The average molecular weight is 1190 g/mol. The Kier molecular flexibility index (Phi) is 28.8. The number of hydrogen-bond acceptors (Lipinski definition) is 23. The Morgan fingerprint density at radius 1 is 0.436 bits per heavy atom. The third-order valence-corrected chi connectivity index (χ3v) is 20.1. The molecule has 23 heteroatoms. The number of esters is 4. The van der Waals surface area contributed by atoms with E-state index in [0.29, 0.717) is 81.2 Å². The summed E-state index contributed by atoms with van der Waals surface area (Å²) in [6, 6.07) is 0. The van der Waals surface area contributed by atoms with Gasteiger partial charge in [-0.25, -0.2) is 9.59 Å². The molecule has 2 fully saturated rings. The fraction of sp³-hybridized carbons (Fsp3) is 0.891. The standard InChI is InChI=1S/C55H96O19S4/c1-17-53(14,62)32-49(10,40(56)65-28-30-67-42(58)51(12)36-75-76-37-51)34-69-44(60)73-48(8,9)22-27-72-47(6,7)21-26-71-46(4,5)20-24-64-25-23-55(16,19-3)74-45(61)70-35-50(11,33-54(15,63)18-2)41(57)66-29-31-68-43(59)52(13)38-77-78-39-52/h62-63H,17-39H2,1-16H3. The predicted octanol–water partition coefficient (Wildman–Crippen LogP) is 10.5. The lowest BCUT2D eigenvalue weighted by Crippen LogP contribution is -2.43. The molecule has 5 unspecified atom stereocenters. The Morgan fingerprint density at radius 2 is 0.782 bits per heavy atom. The number of hydrogen-bond donors (Lipinski definition) is 2. The molecule has 0 amide bonds. The lowest BCUT2D eigenvalue weighted by atomic mass is 9.79. The van der Waals surface area contributed by atoms with Crippen LogP contribution in [0.4, 0.5) is 9.59 Å². The lowest BCUT2D eigenvalue weighted by molar-refractivity contribution is -0.168. The van der Waals surface area contributed by atoms with Crippen molar-refractivity contribution in [3.05, 3.63) is 0 Å². The SMILES string of the molecule is CCC(C)(O)CC(C)(COC(=O)OC(C)(C)CCOC(C)(C)CCOC(C)(C)CCOCCC(C)(CC)OC(=O)OCC(C)(CC(C)(O)CC)C(=O)OCCOC(=O)C1(C)CSSC1)C(=O)OCCOC(=O)C1(C)CSSC1. The summed E-state index contributed by atoms with van der Waals surface area (Å²) in [5.41, 5.74) is -9.62. The first-order valence-electron chi connectivity index (χ1n) is 27.1. The first-order valence-corrected chi connectivity index (χ1v) is 32.1. The molecule has 0 aromatic carbocycles. The summed E-state index contributed by atoms with van der Waals surface area (Å²) < 4.78 is 62.5. The maximum Gasteiger partial charge on any atom is 0.508 e. The monoisotopic (exact) mass is 1190 g/mol. The van der Waals surface area contributed by atoms with Gasteiger partial charge in [0, 0.05) is 42.5 Å². The van der Waals surface area contributed by atoms with Gasteiger partial charge in [-0.05, 0) is 135 Å². The number of rotatable bonds is 37. The van der Waals surface area contributed by atoms with E-state index in [9.17, 15) is 39.0 Å². The molecule has 0 radical (unpaired) electrons. The van der Waals surface area contributed by atoms with E-state index in [2.05, 4.69) is 0 Å². The van der Waals surface area contributed by atoms with Gasteiger partial charge >= 0.3 is 36.2 Å². The molecule has 2 heterocycles. The van der Waals surface area contributed by atoms with Crippen LogP contribution < -0.4 is 0 Å². The van der Waals surface area contributed by atoms with Gasteiger partial charge in [0.05, 0.1) is 53.1 Å². The fourth-order valence-electron chi connectivity index (χ4n) is 7.81. The van der Waals surface area contributed by atoms with Crippen molar-refractivity contribution in [1.29, 1.82) is 0 Å². The highest BCUT2D eigenvalue weighted by molar-refractivity contribution is 8.77. The number of ether oxygens (including phenoxy) is 11. The summed E-state index contributed by atoms with van der Waals surface area (Å²) in [7, 11) is 6.44. The van der Waals surface area contributed by atoms with E-state index in [0.717, 1.165) is 0 Å². The molecule has 78 heavy (non-hydrogen) atoms. The van der Waals surface area contributed by atoms with Crippen LogP contribution in [-0.2, 0) is 71.3 Å². The minimum Gasteiger partial charge on any atom is -0.462 e. The first-order chi connectivity index (χ1) is 35.9. The van der Waals surface area contributed by atoms with Crippen LogP contribution in [0.5, 0.6) is 0 Å². The quantitative estimate of drug-likeness (QED) is 0.0254. The van der Waals surface area contributed by atoms with Gasteiger partial charge in [-0.2, -0.15) is 0 Å². The second-order valence-corrected chi connectivity index (χ2v) is 29.5. The zero-order valence-electron chi connectivity index (χ0n) is 49.7. The Balaban J connectivity index is 1.77. The molecule has 0 saturated carbocycles. The molecule has 2 rings (SSSR count). The predicted molar refractivity (Wildman–Crippen MR) is 304 cm³/mol. The normalized spacial score (nSPS) is 19.4. The van der Waals surface area contributed by atoms with Crippen molar-refractivity contribution < 1.29 is 91.1 Å². The molecular weight excluding hydrogens is 1090 g/mol. The van der Waals surface area contributed by atoms with E-state index in [1.807, 2.05) is 48.5 Å². The van der Waals surface area contributed by atoms with Crippen molar-refractivity contribution in [2.45, 2.75) is 202 Å². The molecule has 19 nitrogen and oxygen atoms in total. The Labute approximate surface area is 481 Å². The summed E-state index contributed by atoms with van der Waals surface area (Å²) in [6.45, 7) is 28.3. The zero-order chi connectivity index (χ0) is 59.3. The number of carbonyl (C=O) groups excluding carboxylic acids is 6. The van der Waals surface area contributed by atoms with Crippen LogP contribution in [0.15, 0.2) is 0 Å². The van der Waals surface area contributed by atoms with E-state index in [4.69, 9.17) is 52.1 Å².